The molecule has 0 aliphatic carbocycles. The van der Waals surface area contributed by atoms with Crippen LogP contribution in [0.2, 0.25) is 0 Å². The maximum Gasteiger partial charge on any atom is 0.247 e. The Bertz CT molecular complexity index is 525. The van der Waals surface area contributed by atoms with E-state index in [-0.39, 0.29) is 10.5 Å². The molecule has 102 valence electrons. The van der Waals surface area contributed by atoms with Crippen molar-refractivity contribution >= 4 is 26.0 Å². The van der Waals surface area contributed by atoms with Crippen LogP contribution in [0.15, 0.2) is 21.5 Å². The lowest BCUT2D eigenvalue weighted by Gasteiger charge is -2.23. The molecule has 7 heteroatoms. The van der Waals surface area contributed by atoms with Gasteiger partial charge in [-0.1, -0.05) is 6.92 Å². The van der Waals surface area contributed by atoms with E-state index in [4.69, 9.17) is 0 Å². The van der Waals surface area contributed by atoms with Crippen molar-refractivity contribution in [1.82, 2.24) is 4.31 Å². The first-order chi connectivity index (χ1) is 8.21. The maximum atomic E-state index is 13.7. The molecule has 0 spiro atoms. The Balaban J connectivity index is 3.38. The standard InChI is InChI=1S/C11H14BrF2NO2S/c1-4-7(2)15(3)18(16,17)11-9(12)5-8(13)6-10(11)14/h5-7H,4H2,1-3H3. The Morgan fingerprint density at radius 1 is 1.39 bits per heavy atom. The smallest absolute Gasteiger partial charge is 0.207 e. The van der Waals surface area contributed by atoms with Gasteiger partial charge in [0.2, 0.25) is 10.0 Å². The van der Waals surface area contributed by atoms with Crippen molar-refractivity contribution in [3.8, 4) is 0 Å². The summed E-state index contributed by atoms with van der Waals surface area (Å²) >= 11 is 2.89. The zero-order valence-corrected chi connectivity index (χ0v) is 12.6. The summed E-state index contributed by atoms with van der Waals surface area (Å²) in [5.74, 6) is -1.93. The van der Waals surface area contributed by atoms with Crippen molar-refractivity contribution < 1.29 is 17.2 Å². The lowest BCUT2D eigenvalue weighted by molar-refractivity contribution is 0.377. The number of hydrogen-bond acceptors (Lipinski definition) is 2. The van der Waals surface area contributed by atoms with Crippen molar-refractivity contribution in [3.05, 3.63) is 28.2 Å². The summed E-state index contributed by atoms with van der Waals surface area (Å²) in [5, 5.41) is 0. The highest BCUT2D eigenvalue weighted by molar-refractivity contribution is 9.10. The highest BCUT2D eigenvalue weighted by Crippen LogP contribution is 2.29. The van der Waals surface area contributed by atoms with Gasteiger partial charge >= 0.3 is 0 Å². The third-order valence-corrected chi connectivity index (χ3v) is 5.75. The maximum absolute atomic E-state index is 13.7. The van der Waals surface area contributed by atoms with Crippen LogP contribution in [0.25, 0.3) is 0 Å². The summed E-state index contributed by atoms with van der Waals surface area (Å²) in [4.78, 5) is -0.535. The van der Waals surface area contributed by atoms with Gasteiger partial charge in [0.25, 0.3) is 0 Å². The van der Waals surface area contributed by atoms with Crippen LogP contribution in [-0.4, -0.2) is 25.8 Å². The number of sulfonamides is 1. The molecule has 0 radical (unpaired) electrons. The Hall–Kier alpha value is -0.530. The van der Waals surface area contributed by atoms with Gasteiger partial charge in [-0.25, -0.2) is 17.2 Å². The normalized spacial score (nSPS) is 13.9. The fraction of sp³-hybridized carbons (Fsp3) is 0.455. The van der Waals surface area contributed by atoms with Crippen LogP contribution < -0.4 is 0 Å². The van der Waals surface area contributed by atoms with E-state index in [1.165, 1.54) is 7.05 Å². The fourth-order valence-corrected chi connectivity index (χ4v) is 3.96. The molecule has 0 aliphatic heterocycles. The molecule has 0 heterocycles. The van der Waals surface area contributed by atoms with E-state index >= 15 is 0 Å². The quantitative estimate of drug-likeness (QED) is 0.843. The third-order valence-electron chi connectivity index (χ3n) is 2.81. The van der Waals surface area contributed by atoms with E-state index in [1.54, 1.807) is 6.92 Å². The largest absolute Gasteiger partial charge is 0.247 e. The second-order valence-electron chi connectivity index (χ2n) is 3.98. The number of nitrogens with zero attached hydrogens (tertiary/aromatic N) is 1. The molecule has 3 nitrogen and oxygen atoms in total. The first-order valence-corrected chi connectivity index (χ1v) is 7.57. The van der Waals surface area contributed by atoms with Crippen LogP contribution in [0.1, 0.15) is 20.3 Å². The van der Waals surface area contributed by atoms with Gasteiger partial charge in [-0.2, -0.15) is 4.31 Å². The highest BCUT2D eigenvalue weighted by Gasteiger charge is 2.30. The third kappa shape index (κ3) is 2.89. The second kappa shape index (κ2) is 5.63. The van der Waals surface area contributed by atoms with Crippen LogP contribution in [-0.2, 0) is 10.0 Å². The molecule has 0 amide bonds. The number of benzene rings is 1. The molecule has 0 saturated carbocycles. The van der Waals surface area contributed by atoms with Gasteiger partial charge < -0.3 is 0 Å². The minimum Gasteiger partial charge on any atom is -0.207 e. The predicted molar refractivity (Wildman–Crippen MR) is 68.8 cm³/mol. The number of rotatable bonds is 4. The summed E-state index contributed by atoms with van der Waals surface area (Å²) in [6.45, 7) is 3.54. The highest BCUT2D eigenvalue weighted by atomic mass is 79.9. The fourth-order valence-electron chi connectivity index (χ4n) is 1.41. The van der Waals surface area contributed by atoms with Crippen LogP contribution >= 0.6 is 15.9 Å². The average molecular weight is 342 g/mol. The molecular formula is C11H14BrF2NO2S. The number of hydrogen-bond donors (Lipinski definition) is 0. The van der Waals surface area contributed by atoms with Crippen LogP contribution in [0.4, 0.5) is 8.78 Å². The van der Waals surface area contributed by atoms with Crippen LogP contribution in [0, 0.1) is 11.6 Å². The van der Waals surface area contributed by atoms with Crippen molar-refractivity contribution in [2.75, 3.05) is 7.05 Å². The molecular weight excluding hydrogens is 328 g/mol. The van der Waals surface area contributed by atoms with Gasteiger partial charge in [-0.15, -0.1) is 0 Å². The lowest BCUT2D eigenvalue weighted by Crippen LogP contribution is -2.35. The molecule has 0 aliphatic rings. The Labute approximate surface area is 114 Å². The molecule has 0 fully saturated rings. The van der Waals surface area contributed by atoms with E-state index < -0.39 is 26.6 Å². The number of halogens is 3. The van der Waals surface area contributed by atoms with E-state index in [1.807, 2.05) is 6.92 Å². The van der Waals surface area contributed by atoms with Crippen molar-refractivity contribution in [2.45, 2.75) is 31.2 Å². The first-order valence-electron chi connectivity index (χ1n) is 5.34. The average Bonchev–Trinajstić information content (AvgIpc) is 2.24. The SMILES string of the molecule is CCC(C)N(C)S(=O)(=O)c1c(F)cc(F)cc1Br. The first kappa shape index (κ1) is 15.5. The molecule has 0 bridgehead atoms. The molecule has 0 N–H and O–H groups in total. The Morgan fingerprint density at radius 2 is 1.94 bits per heavy atom. The summed E-state index contributed by atoms with van der Waals surface area (Å²) < 4.78 is 52.0. The van der Waals surface area contributed by atoms with Crippen molar-refractivity contribution in [1.29, 1.82) is 0 Å². The molecule has 1 aromatic rings. The molecule has 18 heavy (non-hydrogen) atoms. The molecule has 1 unspecified atom stereocenters. The second-order valence-corrected chi connectivity index (χ2v) is 6.77. The van der Waals surface area contributed by atoms with E-state index in [0.29, 0.717) is 12.5 Å². The van der Waals surface area contributed by atoms with Gasteiger partial charge in [-0.3, -0.25) is 0 Å². The monoisotopic (exact) mass is 341 g/mol. The van der Waals surface area contributed by atoms with E-state index in [0.717, 1.165) is 10.4 Å². The minimum absolute atomic E-state index is 0.116. The zero-order valence-electron chi connectivity index (χ0n) is 10.2. The minimum atomic E-state index is -3.98. The van der Waals surface area contributed by atoms with E-state index in [2.05, 4.69) is 15.9 Å². The molecule has 1 atom stereocenters. The zero-order chi connectivity index (χ0) is 14.1. The summed E-state index contributed by atoms with van der Waals surface area (Å²) in [5.41, 5.74) is 0. The van der Waals surface area contributed by atoms with Gasteiger partial charge in [0, 0.05) is 23.6 Å². The van der Waals surface area contributed by atoms with Gasteiger partial charge in [0.15, 0.2) is 0 Å². The lowest BCUT2D eigenvalue weighted by atomic mass is 10.3. The predicted octanol–water partition coefficient (Wildman–Crippen LogP) is 3.15. The van der Waals surface area contributed by atoms with Gasteiger partial charge in [0.1, 0.15) is 16.5 Å². The summed E-state index contributed by atoms with van der Waals surface area (Å²) in [6.07, 6.45) is 0.593. The molecule has 1 aromatic carbocycles. The van der Waals surface area contributed by atoms with Crippen molar-refractivity contribution in [2.24, 2.45) is 0 Å². The Morgan fingerprint density at radius 3 is 2.39 bits per heavy atom. The molecule has 1 rings (SSSR count). The van der Waals surface area contributed by atoms with Gasteiger partial charge in [0.05, 0.1) is 0 Å². The van der Waals surface area contributed by atoms with Crippen LogP contribution in [0.5, 0.6) is 0 Å². The molecule has 0 saturated heterocycles. The molecule has 0 aromatic heterocycles. The topological polar surface area (TPSA) is 37.4 Å². The Kier molecular flexibility index (Phi) is 4.85. The van der Waals surface area contributed by atoms with E-state index in [9.17, 15) is 17.2 Å². The van der Waals surface area contributed by atoms with Gasteiger partial charge in [-0.05, 0) is 35.3 Å². The van der Waals surface area contributed by atoms with Crippen LogP contribution in [0.3, 0.4) is 0 Å². The van der Waals surface area contributed by atoms with Crippen molar-refractivity contribution in [3.63, 3.8) is 0 Å². The summed E-state index contributed by atoms with van der Waals surface area (Å²) in [7, 11) is -2.61. The summed E-state index contributed by atoms with van der Waals surface area (Å²) in [6, 6.07) is 1.22.